The molecule has 0 aliphatic carbocycles. The molecule has 8 heteroatoms. The Morgan fingerprint density at radius 1 is 1.00 bits per heavy atom. The molecule has 0 atom stereocenters. The molecule has 158 valence electrons. The van der Waals surface area contributed by atoms with E-state index in [-0.39, 0.29) is 39.8 Å². The van der Waals surface area contributed by atoms with Gasteiger partial charge in [-0.05, 0) is 55.0 Å². The number of esters is 1. The standard InChI is InChI=1S/C23H18FNO5S/c1-2-30-23(27)16-9-12-21-19(13-16)25(14-15-7-10-17(24)11-8-15)22(26)18-5-3-4-6-20(18)31(21,28)29/h3-13H,2,14H2,1H3. The summed E-state index contributed by atoms with van der Waals surface area (Å²) >= 11 is 0. The Hall–Kier alpha value is -3.52. The third kappa shape index (κ3) is 3.70. The van der Waals surface area contributed by atoms with Crippen molar-refractivity contribution in [3.8, 4) is 0 Å². The maximum absolute atomic E-state index is 13.4. The summed E-state index contributed by atoms with van der Waals surface area (Å²) in [7, 11) is -4.03. The molecule has 0 saturated heterocycles. The first-order chi connectivity index (χ1) is 14.8. The van der Waals surface area contributed by atoms with Gasteiger partial charge in [0, 0.05) is 0 Å². The number of hydrogen-bond acceptors (Lipinski definition) is 5. The third-order valence-electron chi connectivity index (χ3n) is 4.96. The third-order valence-corrected chi connectivity index (χ3v) is 6.82. The molecule has 6 nitrogen and oxygen atoms in total. The average Bonchev–Trinajstić information content (AvgIpc) is 2.83. The summed E-state index contributed by atoms with van der Waals surface area (Å²) in [5, 5.41) is 0. The molecular weight excluding hydrogens is 421 g/mol. The van der Waals surface area contributed by atoms with Gasteiger partial charge in [-0.1, -0.05) is 24.3 Å². The van der Waals surface area contributed by atoms with Crippen LogP contribution in [0.5, 0.6) is 0 Å². The molecule has 1 aliphatic heterocycles. The molecule has 0 unspecified atom stereocenters. The molecule has 0 N–H and O–H groups in total. The highest BCUT2D eigenvalue weighted by Gasteiger charge is 2.36. The Kier molecular flexibility index (Phi) is 5.32. The number of ether oxygens (including phenoxy) is 1. The van der Waals surface area contributed by atoms with Gasteiger partial charge in [-0.25, -0.2) is 17.6 Å². The first-order valence-corrected chi connectivity index (χ1v) is 11.0. The molecule has 0 aromatic heterocycles. The minimum atomic E-state index is -4.03. The minimum absolute atomic E-state index is 0.0117. The van der Waals surface area contributed by atoms with Crippen LogP contribution in [-0.4, -0.2) is 26.9 Å². The Morgan fingerprint density at radius 2 is 1.71 bits per heavy atom. The normalized spacial score (nSPS) is 14.4. The number of carbonyl (C=O) groups excluding carboxylic acids is 2. The number of amides is 1. The maximum atomic E-state index is 13.4. The summed E-state index contributed by atoms with van der Waals surface area (Å²) in [6, 6.07) is 15.5. The zero-order valence-electron chi connectivity index (χ0n) is 16.5. The number of fused-ring (bicyclic) bond motifs is 2. The van der Waals surface area contributed by atoms with Crippen molar-refractivity contribution >= 4 is 27.4 Å². The molecule has 31 heavy (non-hydrogen) atoms. The largest absolute Gasteiger partial charge is 0.462 e. The molecule has 0 saturated carbocycles. The zero-order chi connectivity index (χ0) is 22.2. The van der Waals surface area contributed by atoms with Gasteiger partial charge >= 0.3 is 5.97 Å². The van der Waals surface area contributed by atoms with Gasteiger partial charge < -0.3 is 9.64 Å². The van der Waals surface area contributed by atoms with Crippen molar-refractivity contribution in [3.63, 3.8) is 0 Å². The lowest BCUT2D eigenvalue weighted by Crippen LogP contribution is -2.30. The molecule has 3 aromatic rings. The van der Waals surface area contributed by atoms with Gasteiger partial charge in [-0.3, -0.25) is 4.79 Å². The zero-order valence-corrected chi connectivity index (χ0v) is 17.4. The topological polar surface area (TPSA) is 80.8 Å². The van der Waals surface area contributed by atoms with Crippen LogP contribution in [0.25, 0.3) is 0 Å². The Labute approximate surface area is 178 Å². The van der Waals surface area contributed by atoms with Crippen molar-refractivity contribution in [2.75, 3.05) is 11.5 Å². The number of sulfone groups is 1. The van der Waals surface area contributed by atoms with Crippen LogP contribution in [0.15, 0.2) is 76.5 Å². The van der Waals surface area contributed by atoms with Gasteiger partial charge in [0.05, 0.1) is 39.8 Å². The second-order valence-electron chi connectivity index (χ2n) is 6.92. The Bertz CT molecular complexity index is 1290. The van der Waals surface area contributed by atoms with Crippen LogP contribution >= 0.6 is 0 Å². The molecule has 0 radical (unpaired) electrons. The highest BCUT2D eigenvalue weighted by Crippen LogP contribution is 2.38. The summed E-state index contributed by atoms with van der Waals surface area (Å²) in [5.74, 6) is -1.59. The van der Waals surface area contributed by atoms with Gasteiger partial charge in [0.1, 0.15) is 5.82 Å². The van der Waals surface area contributed by atoms with Gasteiger partial charge in [0.25, 0.3) is 5.91 Å². The van der Waals surface area contributed by atoms with Crippen LogP contribution in [0, 0.1) is 5.82 Å². The van der Waals surface area contributed by atoms with Crippen LogP contribution in [0.2, 0.25) is 0 Å². The van der Waals surface area contributed by atoms with E-state index >= 15 is 0 Å². The first kappa shape index (κ1) is 20.7. The Balaban J connectivity index is 1.94. The smallest absolute Gasteiger partial charge is 0.338 e. The average molecular weight is 439 g/mol. The second-order valence-corrected chi connectivity index (χ2v) is 8.81. The molecule has 0 fully saturated rings. The molecule has 4 rings (SSSR count). The van der Waals surface area contributed by atoms with Crippen LogP contribution in [0.3, 0.4) is 0 Å². The number of carbonyl (C=O) groups is 2. The van der Waals surface area contributed by atoms with E-state index in [2.05, 4.69) is 0 Å². The van der Waals surface area contributed by atoms with E-state index < -0.39 is 27.5 Å². The van der Waals surface area contributed by atoms with Crippen molar-refractivity contribution < 1.29 is 27.1 Å². The van der Waals surface area contributed by atoms with E-state index in [1.165, 1.54) is 59.5 Å². The quantitative estimate of drug-likeness (QED) is 0.574. The number of halogens is 1. The monoisotopic (exact) mass is 439 g/mol. The number of rotatable bonds is 4. The molecule has 1 heterocycles. The van der Waals surface area contributed by atoms with E-state index in [0.29, 0.717) is 5.56 Å². The molecule has 1 aliphatic rings. The van der Waals surface area contributed by atoms with E-state index in [0.717, 1.165) is 0 Å². The molecule has 1 amide bonds. The van der Waals surface area contributed by atoms with E-state index in [9.17, 15) is 22.4 Å². The van der Waals surface area contributed by atoms with Crippen LogP contribution < -0.4 is 4.90 Å². The predicted octanol–water partition coefficient (Wildman–Crippen LogP) is 4.00. The van der Waals surface area contributed by atoms with Gasteiger partial charge in [-0.15, -0.1) is 0 Å². The van der Waals surface area contributed by atoms with Crippen molar-refractivity contribution in [1.82, 2.24) is 0 Å². The van der Waals surface area contributed by atoms with Crippen LogP contribution in [-0.2, 0) is 21.1 Å². The highest BCUT2D eigenvalue weighted by molar-refractivity contribution is 7.91. The first-order valence-electron chi connectivity index (χ1n) is 9.54. The molecular formula is C23H18FNO5S. The SMILES string of the molecule is CCOC(=O)c1ccc2c(c1)N(Cc1ccc(F)cc1)C(=O)c1ccccc1S2(=O)=O. The fourth-order valence-electron chi connectivity index (χ4n) is 3.48. The fraction of sp³-hybridized carbons (Fsp3) is 0.130. The lowest BCUT2D eigenvalue weighted by atomic mass is 10.1. The number of anilines is 1. The summed E-state index contributed by atoms with van der Waals surface area (Å²) in [6.45, 7) is 1.80. The van der Waals surface area contributed by atoms with Crippen molar-refractivity contribution in [2.45, 2.75) is 23.3 Å². The summed E-state index contributed by atoms with van der Waals surface area (Å²) in [6.07, 6.45) is 0. The Morgan fingerprint density at radius 3 is 2.42 bits per heavy atom. The summed E-state index contributed by atoms with van der Waals surface area (Å²) in [5.41, 5.74) is 0.812. The van der Waals surface area contributed by atoms with Crippen molar-refractivity contribution in [2.24, 2.45) is 0 Å². The molecule has 0 bridgehead atoms. The summed E-state index contributed by atoms with van der Waals surface area (Å²) in [4.78, 5) is 26.8. The predicted molar refractivity (Wildman–Crippen MR) is 111 cm³/mol. The molecule has 0 spiro atoms. The molecule has 3 aromatic carbocycles. The number of hydrogen-bond donors (Lipinski definition) is 0. The lowest BCUT2D eigenvalue weighted by molar-refractivity contribution is 0.0526. The summed E-state index contributed by atoms with van der Waals surface area (Å²) < 4.78 is 45.1. The maximum Gasteiger partial charge on any atom is 0.338 e. The number of benzene rings is 3. The fourth-order valence-corrected chi connectivity index (χ4v) is 5.11. The minimum Gasteiger partial charge on any atom is -0.462 e. The van der Waals surface area contributed by atoms with Gasteiger partial charge in [0.15, 0.2) is 0 Å². The van der Waals surface area contributed by atoms with Gasteiger partial charge in [-0.2, -0.15) is 0 Å². The van der Waals surface area contributed by atoms with Crippen LogP contribution in [0.1, 0.15) is 33.2 Å². The second kappa shape index (κ2) is 7.96. The highest BCUT2D eigenvalue weighted by atomic mass is 32.2. The van der Waals surface area contributed by atoms with Crippen molar-refractivity contribution in [3.05, 3.63) is 89.2 Å². The van der Waals surface area contributed by atoms with E-state index in [1.54, 1.807) is 19.1 Å². The van der Waals surface area contributed by atoms with Crippen molar-refractivity contribution in [1.29, 1.82) is 0 Å². The number of nitrogens with zero attached hydrogens (tertiary/aromatic N) is 1. The van der Waals surface area contributed by atoms with Gasteiger partial charge in [0.2, 0.25) is 9.84 Å². The van der Waals surface area contributed by atoms with Crippen LogP contribution in [0.4, 0.5) is 10.1 Å². The lowest BCUT2D eigenvalue weighted by Gasteiger charge is -2.23. The van der Waals surface area contributed by atoms with E-state index in [1.807, 2.05) is 0 Å². The van der Waals surface area contributed by atoms with E-state index in [4.69, 9.17) is 4.74 Å².